The highest BCUT2D eigenvalue weighted by Crippen LogP contribution is 2.35. The summed E-state index contributed by atoms with van der Waals surface area (Å²) in [6, 6.07) is 15.6. The summed E-state index contributed by atoms with van der Waals surface area (Å²) in [5, 5.41) is 6.17. The average molecular weight is 255 g/mol. The molecular weight excluding hydrogens is 234 g/mol. The van der Waals surface area contributed by atoms with Gasteiger partial charge < -0.3 is 10.1 Å². The van der Waals surface area contributed by atoms with Gasteiger partial charge in [0, 0.05) is 18.6 Å². The maximum atomic E-state index is 5.74. The molecule has 19 heavy (non-hydrogen) atoms. The maximum Gasteiger partial charge on any atom is 0.0594 e. The van der Waals surface area contributed by atoms with E-state index in [4.69, 9.17) is 4.74 Å². The molecule has 0 bridgehead atoms. The smallest absolute Gasteiger partial charge is 0.0594 e. The van der Waals surface area contributed by atoms with Gasteiger partial charge in [-0.1, -0.05) is 42.5 Å². The van der Waals surface area contributed by atoms with Crippen molar-refractivity contribution in [2.75, 3.05) is 13.7 Å². The Kier molecular flexibility index (Phi) is 3.54. The van der Waals surface area contributed by atoms with E-state index in [1.54, 1.807) is 0 Å². The normalized spacial score (nSPS) is 24.7. The molecule has 1 aliphatic heterocycles. The molecule has 0 aromatic heterocycles. The van der Waals surface area contributed by atoms with E-state index in [0.29, 0.717) is 18.1 Å². The van der Waals surface area contributed by atoms with Crippen molar-refractivity contribution in [1.82, 2.24) is 5.32 Å². The second-order valence-corrected chi connectivity index (χ2v) is 5.36. The van der Waals surface area contributed by atoms with Crippen molar-refractivity contribution in [1.29, 1.82) is 0 Å². The number of nitrogens with one attached hydrogen (secondary N) is 1. The minimum atomic E-state index is 0.330. The van der Waals surface area contributed by atoms with Gasteiger partial charge in [0.15, 0.2) is 0 Å². The van der Waals surface area contributed by atoms with Gasteiger partial charge in [0.2, 0.25) is 0 Å². The zero-order valence-electron chi connectivity index (χ0n) is 11.6. The van der Waals surface area contributed by atoms with E-state index in [2.05, 4.69) is 61.8 Å². The summed E-state index contributed by atoms with van der Waals surface area (Å²) in [6.07, 6.45) is 1.46. The van der Waals surface area contributed by atoms with Crippen LogP contribution in [0.3, 0.4) is 0 Å². The van der Waals surface area contributed by atoms with Crippen LogP contribution in [0.5, 0.6) is 0 Å². The fourth-order valence-electron chi connectivity index (χ4n) is 3.31. The molecule has 0 aliphatic carbocycles. The number of hydrogen-bond acceptors (Lipinski definition) is 2. The Balaban J connectivity index is 2.06. The number of benzene rings is 2. The van der Waals surface area contributed by atoms with Crippen molar-refractivity contribution in [3.63, 3.8) is 0 Å². The SMILES string of the molecule is CNC(c1cccc2ccccc12)C1CCOC1C. The molecule has 3 rings (SSSR count). The molecule has 0 saturated carbocycles. The Morgan fingerprint density at radius 1 is 1.16 bits per heavy atom. The summed E-state index contributed by atoms with van der Waals surface area (Å²) in [7, 11) is 2.05. The molecule has 0 spiro atoms. The third-order valence-corrected chi connectivity index (χ3v) is 4.33. The standard InChI is InChI=1S/C17H21NO/c1-12-14(10-11-19-12)17(18-2)16-9-5-7-13-6-3-4-8-15(13)16/h3-9,12,14,17-18H,10-11H2,1-2H3. The molecule has 2 nitrogen and oxygen atoms in total. The van der Waals surface area contributed by atoms with Crippen molar-refractivity contribution in [2.45, 2.75) is 25.5 Å². The van der Waals surface area contributed by atoms with E-state index in [1.165, 1.54) is 16.3 Å². The number of hydrogen-bond donors (Lipinski definition) is 1. The summed E-state index contributed by atoms with van der Waals surface area (Å²) in [5.74, 6) is 0.552. The van der Waals surface area contributed by atoms with Crippen LogP contribution < -0.4 is 5.32 Å². The van der Waals surface area contributed by atoms with Gasteiger partial charge >= 0.3 is 0 Å². The van der Waals surface area contributed by atoms with Gasteiger partial charge in [-0.3, -0.25) is 0 Å². The predicted octanol–water partition coefficient (Wildman–Crippen LogP) is 3.53. The van der Waals surface area contributed by atoms with E-state index in [0.717, 1.165) is 13.0 Å². The molecule has 1 aliphatic rings. The lowest BCUT2D eigenvalue weighted by atomic mass is 9.86. The first-order valence-corrected chi connectivity index (χ1v) is 7.08. The molecular formula is C17H21NO. The Morgan fingerprint density at radius 2 is 1.95 bits per heavy atom. The molecule has 1 heterocycles. The van der Waals surface area contributed by atoms with E-state index >= 15 is 0 Å². The van der Waals surface area contributed by atoms with Crippen LogP contribution in [-0.4, -0.2) is 19.8 Å². The average Bonchev–Trinajstić information content (AvgIpc) is 2.86. The predicted molar refractivity (Wildman–Crippen MR) is 79.3 cm³/mol. The molecule has 100 valence electrons. The van der Waals surface area contributed by atoms with E-state index < -0.39 is 0 Å². The summed E-state index contributed by atoms with van der Waals surface area (Å²) < 4.78 is 5.74. The monoisotopic (exact) mass is 255 g/mol. The second kappa shape index (κ2) is 5.32. The molecule has 1 fully saturated rings. The molecule has 3 unspecified atom stereocenters. The first kappa shape index (κ1) is 12.6. The molecule has 1 saturated heterocycles. The molecule has 2 aromatic rings. The molecule has 2 aromatic carbocycles. The van der Waals surface area contributed by atoms with Crippen LogP contribution in [0.15, 0.2) is 42.5 Å². The van der Waals surface area contributed by atoms with Crippen LogP contribution >= 0.6 is 0 Å². The van der Waals surface area contributed by atoms with Gasteiger partial charge in [0.25, 0.3) is 0 Å². The van der Waals surface area contributed by atoms with Crippen molar-refractivity contribution < 1.29 is 4.74 Å². The number of fused-ring (bicyclic) bond motifs is 1. The van der Waals surface area contributed by atoms with Crippen LogP contribution in [0.2, 0.25) is 0 Å². The van der Waals surface area contributed by atoms with E-state index in [1.807, 2.05) is 0 Å². The summed E-state index contributed by atoms with van der Waals surface area (Å²) in [4.78, 5) is 0. The second-order valence-electron chi connectivity index (χ2n) is 5.36. The quantitative estimate of drug-likeness (QED) is 0.906. The first-order chi connectivity index (χ1) is 9.31. The van der Waals surface area contributed by atoms with Gasteiger partial charge in [-0.15, -0.1) is 0 Å². The Labute approximate surface area is 114 Å². The fourth-order valence-corrected chi connectivity index (χ4v) is 3.31. The Hall–Kier alpha value is -1.38. The lowest BCUT2D eigenvalue weighted by Crippen LogP contribution is -2.29. The lowest BCUT2D eigenvalue weighted by molar-refractivity contribution is 0.0964. The third kappa shape index (κ3) is 2.26. The summed E-state index contributed by atoms with van der Waals surface area (Å²) in [6.45, 7) is 3.07. The minimum absolute atomic E-state index is 0.330. The van der Waals surface area contributed by atoms with Crippen LogP contribution in [0.25, 0.3) is 10.8 Å². The van der Waals surface area contributed by atoms with Gasteiger partial charge in [-0.25, -0.2) is 0 Å². The zero-order valence-corrected chi connectivity index (χ0v) is 11.6. The first-order valence-electron chi connectivity index (χ1n) is 7.08. The maximum absolute atomic E-state index is 5.74. The van der Waals surface area contributed by atoms with Crippen molar-refractivity contribution in [2.24, 2.45) is 5.92 Å². The van der Waals surface area contributed by atoms with Crippen LogP contribution in [0.4, 0.5) is 0 Å². The summed E-state index contributed by atoms with van der Waals surface area (Å²) >= 11 is 0. The van der Waals surface area contributed by atoms with Crippen molar-refractivity contribution in [3.05, 3.63) is 48.0 Å². The van der Waals surface area contributed by atoms with Crippen molar-refractivity contribution >= 4 is 10.8 Å². The van der Waals surface area contributed by atoms with Crippen LogP contribution in [-0.2, 0) is 4.74 Å². The lowest BCUT2D eigenvalue weighted by Gasteiger charge is -2.27. The Morgan fingerprint density at radius 3 is 2.68 bits per heavy atom. The highest BCUT2D eigenvalue weighted by molar-refractivity contribution is 5.86. The largest absolute Gasteiger partial charge is 0.378 e. The van der Waals surface area contributed by atoms with Crippen molar-refractivity contribution in [3.8, 4) is 0 Å². The molecule has 0 amide bonds. The molecule has 1 N–H and O–H groups in total. The van der Waals surface area contributed by atoms with Crippen LogP contribution in [0, 0.1) is 5.92 Å². The highest BCUT2D eigenvalue weighted by atomic mass is 16.5. The topological polar surface area (TPSA) is 21.3 Å². The van der Waals surface area contributed by atoms with Gasteiger partial charge in [0.05, 0.1) is 6.10 Å². The van der Waals surface area contributed by atoms with E-state index in [-0.39, 0.29) is 0 Å². The van der Waals surface area contributed by atoms with Gasteiger partial charge in [-0.05, 0) is 36.7 Å². The number of rotatable bonds is 3. The van der Waals surface area contributed by atoms with E-state index in [9.17, 15) is 0 Å². The molecule has 3 atom stereocenters. The minimum Gasteiger partial charge on any atom is -0.378 e. The fraction of sp³-hybridized carbons (Fsp3) is 0.412. The van der Waals surface area contributed by atoms with Crippen LogP contribution in [0.1, 0.15) is 24.9 Å². The van der Waals surface area contributed by atoms with Gasteiger partial charge in [0.1, 0.15) is 0 Å². The third-order valence-electron chi connectivity index (χ3n) is 4.33. The van der Waals surface area contributed by atoms with Gasteiger partial charge in [-0.2, -0.15) is 0 Å². The molecule has 2 heteroatoms. The molecule has 0 radical (unpaired) electrons. The zero-order chi connectivity index (χ0) is 13.2. The number of ether oxygens (including phenoxy) is 1. The Bertz CT molecular complexity index is 561. The summed E-state index contributed by atoms with van der Waals surface area (Å²) in [5.41, 5.74) is 1.39. The highest BCUT2D eigenvalue weighted by Gasteiger charge is 2.32.